The Morgan fingerprint density at radius 3 is 2.78 bits per heavy atom. The van der Waals surface area contributed by atoms with Gasteiger partial charge in [0.05, 0.1) is 25.3 Å². The van der Waals surface area contributed by atoms with E-state index in [0.717, 1.165) is 0 Å². The fourth-order valence-corrected chi connectivity index (χ4v) is 1.52. The number of nitrogens with zero attached hydrogens (tertiary/aromatic N) is 2. The molecule has 3 unspecified atom stereocenters. The highest BCUT2D eigenvalue weighted by atomic mass is 16.5. The lowest BCUT2D eigenvalue weighted by Crippen LogP contribution is -2.55. The molecule has 8 heteroatoms. The van der Waals surface area contributed by atoms with Gasteiger partial charge >= 0.3 is 12.0 Å². The van der Waals surface area contributed by atoms with Gasteiger partial charge in [0.1, 0.15) is 0 Å². The summed E-state index contributed by atoms with van der Waals surface area (Å²) in [6.45, 7) is 1.85. The van der Waals surface area contributed by atoms with E-state index in [-0.39, 0.29) is 19.7 Å². The van der Waals surface area contributed by atoms with Gasteiger partial charge in [-0.2, -0.15) is 5.26 Å². The second-order valence-corrected chi connectivity index (χ2v) is 3.94. The molecule has 0 saturated carbocycles. The van der Waals surface area contributed by atoms with E-state index in [1.54, 1.807) is 0 Å². The summed E-state index contributed by atoms with van der Waals surface area (Å²) in [6, 6.07) is -0.129. The number of nitriles is 1. The van der Waals surface area contributed by atoms with Crippen molar-refractivity contribution in [2.75, 3.05) is 19.7 Å². The maximum atomic E-state index is 11.8. The van der Waals surface area contributed by atoms with Crippen molar-refractivity contribution in [3.63, 3.8) is 0 Å². The van der Waals surface area contributed by atoms with Crippen LogP contribution in [0.25, 0.3) is 0 Å². The van der Waals surface area contributed by atoms with Crippen molar-refractivity contribution in [1.82, 2.24) is 10.2 Å². The molecule has 8 nitrogen and oxygen atoms in total. The minimum Gasteiger partial charge on any atom is -0.480 e. The first kappa shape index (κ1) is 14.2. The van der Waals surface area contributed by atoms with Crippen LogP contribution in [0.3, 0.4) is 0 Å². The summed E-state index contributed by atoms with van der Waals surface area (Å²) in [6.07, 6.45) is -1.92. The highest BCUT2D eigenvalue weighted by molar-refractivity contribution is 5.83. The summed E-state index contributed by atoms with van der Waals surface area (Å²) in [5.41, 5.74) is 0. The van der Waals surface area contributed by atoms with E-state index in [2.05, 4.69) is 5.32 Å². The van der Waals surface area contributed by atoms with Crippen molar-refractivity contribution in [2.45, 2.75) is 25.2 Å². The van der Waals surface area contributed by atoms with Gasteiger partial charge < -0.3 is 25.2 Å². The van der Waals surface area contributed by atoms with Crippen LogP contribution in [0.4, 0.5) is 4.79 Å². The molecular formula is C10H15N3O5. The molecule has 100 valence electrons. The van der Waals surface area contributed by atoms with E-state index in [4.69, 9.17) is 15.1 Å². The number of carbonyl (C=O) groups is 2. The number of aliphatic hydroxyl groups is 1. The van der Waals surface area contributed by atoms with Crippen LogP contribution in [-0.2, 0) is 9.53 Å². The average molecular weight is 257 g/mol. The van der Waals surface area contributed by atoms with Crippen molar-refractivity contribution < 1.29 is 24.5 Å². The number of morpholine rings is 1. The molecular weight excluding hydrogens is 242 g/mol. The molecule has 3 atom stereocenters. The minimum absolute atomic E-state index is 0.0779. The normalized spacial score (nSPS) is 22.7. The maximum absolute atomic E-state index is 11.8. The van der Waals surface area contributed by atoms with Gasteiger partial charge in [-0.05, 0) is 6.92 Å². The Morgan fingerprint density at radius 2 is 2.28 bits per heavy atom. The number of rotatable bonds is 3. The number of hydrogen-bond acceptors (Lipinski definition) is 5. The number of aliphatic carboxylic acids is 1. The first-order chi connectivity index (χ1) is 8.45. The highest BCUT2D eigenvalue weighted by Gasteiger charge is 2.29. The number of carbonyl (C=O) groups excluding carboxylic acids is 1. The molecule has 0 aromatic carbocycles. The first-order valence-electron chi connectivity index (χ1n) is 5.43. The average Bonchev–Trinajstić information content (AvgIpc) is 2.34. The maximum Gasteiger partial charge on any atom is 0.328 e. The fourth-order valence-electron chi connectivity index (χ4n) is 1.52. The molecule has 0 bridgehead atoms. The number of amides is 2. The summed E-state index contributed by atoms with van der Waals surface area (Å²) in [5, 5.41) is 28.9. The van der Waals surface area contributed by atoms with Gasteiger partial charge in [0, 0.05) is 6.54 Å². The lowest BCUT2D eigenvalue weighted by molar-refractivity contribution is -0.141. The predicted molar refractivity (Wildman–Crippen MR) is 58.6 cm³/mol. The number of ether oxygens (including phenoxy) is 1. The molecule has 1 aliphatic heterocycles. The summed E-state index contributed by atoms with van der Waals surface area (Å²) in [4.78, 5) is 23.9. The zero-order valence-electron chi connectivity index (χ0n) is 9.87. The van der Waals surface area contributed by atoms with Crippen molar-refractivity contribution in [3.05, 3.63) is 0 Å². The van der Waals surface area contributed by atoms with Crippen molar-refractivity contribution in [3.8, 4) is 6.07 Å². The van der Waals surface area contributed by atoms with Gasteiger partial charge in [-0.3, -0.25) is 0 Å². The topological polar surface area (TPSA) is 123 Å². The van der Waals surface area contributed by atoms with E-state index in [1.165, 1.54) is 11.8 Å². The van der Waals surface area contributed by atoms with Crippen LogP contribution in [0.15, 0.2) is 0 Å². The van der Waals surface area contributed by atoms with Crippen LogP contribution in [-0.4, -0.2) is 65.1 Å². The summed E-state index contributed by atoms with van der Waals surface area (Å²) in [5.74, 6) is -1.32. The molecule has 1 heterocycles. The Kier molecular flexibility index (Phi) is 4.88. The van der Waals surface area contributed by atoms with Gasteiger partial charge in [-0.25, -0.2) is 9.59 Å². The second kappa shape index (κ2) is 6.18. The second-order valence-electron chi connectivity index (χ2n) is 3.94. The molecule has 1 fully saturated rings. The lowest BCUT2D eigenvalue weighted by atomic mass is 10.2. The first-order valence-corrected chi connectivity index (χ1v) is 5.43. The van der Waals surface area contributed by atoms with Crippen LogP contribution >= 0.6 is 0 Å². The standard InChI is InChI=1S/C10H15N3O5/c1-6(14)8(9(15)16)12-10(17)13-2-3-18-7(4-11)5-13/h6-8,14H,2-3,5H2,1H3,(H,12,17)(H,15,16). The highest BCUT2D eigenvalue weighted by Crippen LogP contribution is 2.05. The third-order valence-electron chi connectivity index (χ3n) is 2.53. The Bertz CT molecular complexity index is 365. The third-order valence-corrected chi connectivity index (χ3v) is 2.53. The fraction of sp³-hybridized carbons (Fsp3) is 0.700. The molecule has 2 amide bonds. The van der Waals surface area contributed by atoms with Gasteiger partial charge in [0.2, 0.25) is 0 Å². The molecule has 0 aliphatic carbocycles. The molecule has 1 rings (SSSR count). The SMILES string of the molecule is CC(O)C(NC(=O)N1CCOC(C#N)C1)C(=O)O. The van der Waals surface area contributed by atoms with Crippen molar-refractivity contribution >= 4 is 12.0 Å². The monoisotopic (exact) mass is 257 g/mol. The van der Waals surface area contributed by atoms with E-state index >= 15 is 0 Å². The van der Waals surface area contributed by atoms with Crippen LogP contribution in [0.5, 0.6) is 0 Å². The van der Waals surface area contributed by atoms with E-state index < -0.39 is 30.3 Å². The van der Waals surface area contributed by atoms with Crippen molar-refractivity contribution in [1.29, 1.82) is 5.26 Å². The van der Waals surface area contributed by atoms with Gasteiger partial charge in [0.15, 0.2) is 12.1 Å². The van der Waals surface area contributed by atoms with Crippen LogP contribution in [0.2, 0.25) is 0 Å². The minimum atomic E-state index is -1.37. The molecule has 0 aromatic rings. The predicted octanol–water partition coefficient (Wildman–Crippen LogP) is -1.25. The van der Waals surface area contributed by atoms with E-state index in [9.17, 15) is 14.7 Å². The number of urea groups is 1. The summed E-state index contributed by atoms with van der Waals surface area (Å²) in [7, 11) is 0. The number of hydrogen-bond donors (Lipinski definition) is 3. The van der Waals surface area contributed by atoms with Gasteiger partial charge in [-0.1, -0.05) is 0 Å². The number of nitrogens with one attached hydrogen (secondary N) is 1. The van der Waals surface area contributed by atoms with Crippen LogP contribution in [0, 0.1) is 11.3 Å². The Morgan fingerprint density at radius 1 is 1.61 bits per heavy atom. The van der Waals surface area contributed by atoms with Gasteiger partial charge in [-0.15, -0.1) is 0 Å². The zero-order chi connectivity index (χ0) is 13.7. The molecule has 1 saturated heterocycles. The number of carboxylic acid groups (broad SMARTS) is 1. The molecule has 3 N–H and O–H groups in total. The number of aliphatic hydroxyl groups excluding tert-OH is 1. The smallest absolute Gasteiger partial charge is 0.328 e. The molecule has 0 aromatic heterocycles. The molecule has 0 spiro atoms. The molecule has 1 aliphatic rings. The molecule has 18 heavy (non-hydrogen) atoms. The number of carboxylic acids is 1. The lowest BCUT2D eigenvalue weighted by Gasteiger charge is -2.31. The zero-order valence-corrected chi connectivity index (χ0v) is 9.87. The van der Waals surface area contributed by atoms with E-state index in [1.807, 2.05) is 6.07 Å². The van der Waals surface area contributed by atoms with Gasteiger partial charge in [0.25, 0.3) is 0 Å². The Hall–Kier alpha value is -1.85. The quantitative estimate of drug-likeness (QED) is 0.580. The Labute approximate surface area is 104 Å². The van der Waals surface area contributed by atoms with Crippen LogP contribution in [0.1, 0.15) is 6.92 Å². The largest absolute Gasteiger partial charge is 0.480 e. The Balaban J connectivity index is 2.59. The van der Waals surface area contributed by atoms with Crippen molar-refractivity contribution in [2.24, 2.45) is 0 Å². The molecule has 0 radical (unpaired) electrons. The van der Waals surface area contributed by atoms with E-state index in [0.29, 0.717) is 0 Å². The summed E-state index contributed by atoms with van der Waals surface area (Å²) < 4.78 is 5.06. The summed E-state index contributed by atoms with van der Waals surface area (Å²) >= 11 is 0. The van der Waals surface area contributed by atoms with Crippen LogP contribution < -0.4 is 5.32 Å². The third kappa shape index (κ3) is 3.58.